The molecule has 1 N–H and O–H groups in total. The average Bonchev–Trinajstić information content (AvgIpc) is 2.90. The Kier molecular flexibility index (Phi) is 7.49. The number of rotatable bonds is 4. The quantitative estimate of drug-likeness (QED) is 0.507. The minimum atomic E-state index is -0.590. The molecule has 2 aliphatic rings. The fourth-order valence-corrected chi connectivity index (χ4v) is 6.75. The van der Waals surface area contributed by atoms with Gasteiger partial charge in [-0.25, -0.2) is 14.2 Å². The molecule has 7 nitrogen and oxygen atoms in total. The molecule has 1 aliphatic carbocycles. The maximum absolute atomic E-state index is 14.1. The van der Waals surface area contributed by atoms with Crippen molar-refractivity contribution in [1.82, 2.24) is 19.4 Å². The van der Waals surface area contributed by atoms with Crippen LogP contribution in [0.5, 0.6) is 0 Å². The lowest BCUT2D eigenvalue weighted by molar-refractivity contribution is 0.0921. The molecule has 2 aromatic heterocycles. The van der Waals surface area contributed by atoms with Crippen LogP contribution in [0.1, 0.15) is 87.3 Å². The van der Waals surface area contributed by atoms with Crippen molar-refractivity contribution in [3.8, 4) is 0 Å². The number of thioether (sulfide) groups is 1. The van der Waals surface area contributed by atoms with Gasteiger partial charge in [0.15, 0.2) is 0 Å². The van der Waals surface area contributed by atoms with Gasteiger partial charge in [-0.1, -0.05) is 32.9 Å². The molecule has 1 amide bonds. The topological polar surface area (TPSA) is 86.0 Å². The van der Waals surface area contributed by atoms with E-state index in [-0.39, 0.29) is 46.2 Å². The zero-order chi connectivity index (χ0) is 27.0. The highest BCUT2D eigenvalue weighted by atomic mass is 32.2. The summed E-state index contributed by atoms with van der Waals surface area (Å²) < 4.78 is 17.1. The van der Waals surface area contributed by atoms with E-state index in [0.717, 1.165) is 30.5 Å². The molecule has 1 saturated heterocycles. The number of fused-ring (bicyclic) bond motifs is 1. The normalized spacial score (nSPS) is 20.9. The summed E-state index contributed by atoms with van der Waals surface area (Å²) in [5.74, 6) is 1.16. The average molecular weight is 539 g/mol. The van der Waals surface area contributed by atoms with Crippen LogP contribution in [0, 0.1) is 5.82 Å². The largest absolute Gasteiger partial charge is 0.349 e. The number of hydrogen-bond donors (Lipinski definition) is 1. The fraction of sp³-hybridized carbons (Fsp3) is 0.517. The van der Waals surface area contributed by atoms with E-state index >= 15 is 0 Å². The Morgan fingerprint density at radius 1 is 0.974 bits per heavy atom. The van der Waals surface area contributed by atoms with Gasteiger partial charge in [-0.05, 0) is 79.2 Å². The molecule has 1 saturated carbocycles. The first-order chi connectivity index (χ1) is 18.1. The molecule has 2 fully saturated rings. The maximum Gasteiger partial charge on any atom is 0.333 e. The third-order valence-corrected chi connectivity index (χ3v) is 8.94. The van der Waals surface area contributed by atoms with Crippen molar-refractivity contribution in [3.05, 3.63) is 74.3 Å². The highest BCUT2D eigenvalue weighted by Gasteiger charge is 2.30. The molecule has 1 aromatic carbocycles. The van der Waals surface area contributed by atoms with E-state index in [2.05, 4.69) is 31.1 Å². The SMILES string of the molecule is CC(C)(C)c1ccc(C(=O)NC2CCC(n3c(=O)c4cc(F)cnc4n(C4CCSCC4)c3=O)CC2)cc1. The lowest BCUT2D eigenvalue weighted by atomic mass is 9.86. The van der Waals surface area contributed by atoms with E-state index in [1.165, 1.54) is 16.2 Å². The summed E-state index contributed by atoms with van der Waals surface area (Å²) >= 11 is 1.85. The predicted octanol–water partition coefficient (Wildman–Crippen LogP) is 4.98. The third-order valence-electron chi connectivity index (χ3n) is 7.89. The summed E-state index contributed by atoms with van der Waals surface area (Å²) in [5, 5.41) is 3.27. The van der Waals surface area contributed by atoms with Crippen molar-refractivity contribution in [3.63, 3.8) is 0 Å². The molecule has 9 heteroatoms. The van der Waals surface area contributed by atoms with Crippen LogP contribution in [-0.4, -0.2) is 37.6 Å². The number of nitrogens with one attached hydrogen (secondary N) is 1. The predicted molar refractivity (Wildman–Crippen MR) is 150 cm³/mol. The number of carbonyl (C=O) groups excluding carboxylic acids is 1. The summed E-state index contributed by atoms with van der Waals surface area (Å²) in [5.41, 5.74) is 1.24. The number of halogens is 1. The molecule has 5 rings (SSSR count). The second-order valence-corrected chi connectivity index (χ2v) is 12.7. The number of hydrogen-bond acceptors (Lipinski definition) is 5. The van der Waals surface area contributed by atoms with Crippen molar-refractivity contribution in [1.29, 1.82) is 0 Å². The fourth-order valence-electron chi connectivity index (χ4n) is 5.67. The molecule has 202 valence electrons. The Hall–Kier alpha value is -2.94. The summed E-state index contributed by atoms with van der Waals surface area (Å²) in [7, 11) is 0. The van der Waals surface area contributed by atoms with Crippen LogP contribution in [0.25, 0.3) is 11.0 Å². The van der Waals surface area contributed by atoms with Crippen LogP contribution >= 0.6 is 11.8 Å². The number of amides is 1. The zero-order valence-corrected chi connectivity index (χ0v) is 23.0. The van der Waals surface area contributed by atoms with Crippen LogP contribution in [0.2, 0.25) is 0 Å². The molecule has 0 spiro atoms. The first kappa shape index (κ1) is 26.7. The van der Waals surface area contributed by atoms with E-state index in [9.17, 15) is 18.8 Å². The third kappa shape index (κ3) is 5.30. The Bertz CT molecular complexity index is 1440. The summed E-state index contributed by atoms with van der Waals surface area (Å²) in [6, 6.07) is 8.50. The number of benzene rings is 1. The first-order valence-corrected chi connectivity index (χ1v) is 14.6. The minimum Gasteiger partial charge on any atom is -0.349 e. The van der Waals surface area contributed by atoms with Crippen LogP contribution < -0.4 is 16.6 Å². The lowest BCUT2D eigenvalue weighted by Crippen LogP contribution is -2.46. The molecule has 0 radical (unpaired) electrons. The number of nitrogens with zero attached hydrogens (tertiary/aromatic N) is 3. The molecule has 3 aromatic rings. The van der Waals surface area contributed by atoms with Crippen molar-refractivity contribution in [2.24, 2.45) is 0 Å². The summed E-state index contributed by atoms with van der Waals surface area (Å²) in [6.45, 7) is 6.41. The number of pyridine rings is 1. The van der Waals surface area contributed by atoms with E-state index in [1.54, 1.807) is 4.57 Å². The van der Waals surface area contributed by atoms with Crippen molar-refractivity contribution < 1.29 is 9.18 Å². The van der Waals surface area contributed by atoms with Gasteiger partial charge < -0.3 is 5.32 Å². The van der Waals surface area contributed by atoms with Crippen LogP contribution in [0.4, 0.5) is 4.39 Å². The van der Waals surface area contributed by atoms with Gasteiger partial charge in [-0.3, -0.25) is 18.7 Å². The van der Waals surface area contributed by atoms with Crippen molar-refractivity contribution in [2.45, 2.75) is 82.8 Å². The Balaban J connectivity index is 1.36. The number of aromatic nitrogens is 3. The highest BCUT2D eigenvalue weighted by Crippen LogP contribution is 2.30. The Morgan fingerprint density at radius 2 is 1.61 bits per heavy atom. The number of carbonyl (C=O) groups is 1. The van der Waals surface area contributed by atoms with Crippen LogP contribution in [0.3, 0.4) is 0 Å². The maximum atomic E-state index is 14.1. The van der Waals surface area contributed by atoms with Crippen LogP contribution in [-0.2, 0) is 5.41 Å². The molecular weight excluding hydrogens is 503 g/mol. The van der Waals surface area contributed by atoms with E-state index < -0.39 is 11.4 Å². The second kappa shape index (κ2) is 10.7. The van der Waals surface area contributed by atoms with Gasteiger partial charge in [0.2, 0.25) is 0 Å². The zero-order valence-electron chi connectivity index (χ0n) is 22.2. The summed E-state index contributed by atoms with van der Waals surface area (Å²) in [6.07, 6.45) is 5.17. The van der Waals surface area contributed by atoms with Crippen molar-refractivity contribution in [2.75, 3.05) is 11.5 Å². The monoisotopic (exact) mass is 538 g/mol. The molecule has 0 atom stereocenters. The van der Waals surface area contributed by atoms with Gasteiger partial charge in [0, 0.05) is 23.7 Å². The highest BCUT2D eigenvalue weighted by molar-refractivity contribution is 7.99. The molecule has 0 bridgehead atoms. The molecule has 1 aliphatic heterocycles. The van der Waals surface area contributed by atoms with Gasteiger partial charge >= 0.3 is 5.69 Å². The van der Waals surface area contributed by atoms with E-state index in [0.29, 0.717) is 31.2 Å². The Labute approximate surface area is 225 Å². The van der Waals surface area contributed by atoms with Gasteiger partial charge in [0.1, 0.15) is 11.5 Å². The minimum absolute atomic E-state index is 0.0184. The molecule has 3 heterocycles. The van der Waals surface area contributed by atoms with Gasteiger partial charge in [-0.15, -0.1) is 0 Å². The van der Waals surface area contributed by atoms with Gasteiger partial charge in [-0.2, -0.15) is 11.8 Å². The Morgan fingerprint density at radius 3 is 2.24 bits per heavy atom. The standard InChI is InChI=1S/C29H35FN4O3S/c1-29(2,3)19-6-4-18(5-7-19)26(35)32-21-8-10-22(11-9-21)34-27(36)24-16-20(30)17-31-25(24)33(28(34)37)23-12-14-38-15-13-23/h4-7,16-17,21-23H,8-15H2,1-3H3,(H,32,35). The smallest absolute Gasteiger partial charge is 0.333 e. The summed E-state index contributed by atoms with van der Waals surface area (Å²) in [4.78, 5) is 44.2. The second-order valence-electron chi connectivity index (χ2n) is 11.5. The molecular formula is C29H35FN4O3S. The van der Waals surface area contributed by atoms with Gasteiger partial charge in [0.25, 0.3) is 11.5 Å². The first-order valence-electron chi connectivity index (χ1n) is 13.4. The van der Waals surface area contributed by atoms with Crippen LogP contribution in [0.15, 0.2) is 46.1 Å². The van der Waals surface area contributed by atoms with Gasteiger partial charge in [0.05, 0.1) is 11.6 Å². The van der Waals surface area contributed by atoms with E-state index in [1.807, 2.05) is 36.0 Å². The lowest BCUT2D eigenvalue weighted by Gasteiger charge is -2.31. The molecule has 0 unspecified atom stereocenters. The molecule has 38 heavy (non-hydrogen) atoms. The van der Waals surface area contributed by atoms with Crippen molar-refractivity contribution >= 4 is 28.7 Å². The van der Waals surface area contributed by atoms with E-state index in [4.69, 9.17) is 0 Å².